The van der Waals surface area contributed by atoms with Gasteiger partial charge in [-0.1, -0.05) is 23.8 Å². The van der Waals surface area contributed by atoms with E-state index >= 15 is 0 Å². The molecule has 0 amide bonds. The van der Waals surface area contributed by atoms with Gasteiger partial charge in [-0.05, 0) is 31.9 Å². The molecule has 0 radical (unpaired) electrons. The number of guanidine groups is 1. The lowest BCUT2D eigenvalue weighted by Gasteiger charge is -2.35. The van der Waals surface area contributed by atoms with Crippen molar-refractivity contribution in [2.45, 2.75) is 33.3 Å². The highest BCUT2D eigenvalue weighted by Crippen LogP contribution is 2.25. The van der Waals surface area contributed by atoms with Crippen molar-refractivity contribution in [1.82, 2.24) is 15.2 Å². The van der Waals surface area contributed by atoms with Gasteiger partial charge in [-0.15, -0.1) is 11.3 Å². The summed E-state index contributed by atoms with van der Waals surface area (Å²) in [6, 6.07) is 6.58. The molecule has 3 rings (SSSR count). The summed E-state index contributed by atoms with van der Waals surface area (Å²) < 4.78 is 6.05. The lowest BCUT2D eigenvalue weighted by molar-refractivity contribution is -0.00830. The van der Waals surface area contributed by atoms with E-state index in [2.05, 4.69) is 59.2 Å². The predicted molar refractivity (Wildman–Crippen MR) is 108 cm³/mol. The number of ether oxygens (including phenoxy) is 1. The summed E-state index contributed by atoms with van der Waals surface area (Å²) in [5.74, 6) is 0.941. The van der Waals surface area contributed by atoms with E-state index in [1.807, 2.05) is 13.2 Å². The molecular formula is C20H28N4OS. The van der Waals surface area contributed by atoms with Crippen molar-refractivity contribution in [3.05, 3.63) is 51.0 Å². The molecule has 26 heavy (non-hydrogen) atoms. The highest BCUT2D eigenvalue weighted by Gasteiger charge is 2.25. The molecule has 0 saturated carbocycles. The fourth-order valence-corrected chi connectivity index (χ4v) is 4.13. The van der Waals surface area contributed by atoms with Gasteiger partial charge in [0.2, 0.25) is 0 Å². The Hall–Kier alpha value is -1.92. The summed E-state index contributed by atoms with van der Waals surface area (Å²) in [6.07, 6.45) is 2.94. The van der Waals surface area contributed by atoms with Crippen LogP contribution in [0.2, 0.25) is 0 Å². The number of aryl methyl sites for hydroxylation is 3. The summed E-state index contributed by atoms with van der Waals surface area (Å²) in [5.41, 5.74) is 3.85. The first-order valence-electron chi connectivity index (χ1n) is 9.12. The Labute approximate surface area is 160 Å². The average Bonchev–Trinajstić information content (AvgIpc) is 3.04. The second-order valence-corrected chi connectivity index (χ2v) is 8.07. The van der Waals surface area contributed by atoms with Gasteiger partial charge in [0.25, 0.3) is 0 Å². The topological polar surface area (TPSA) is 49.8 Å². The van der Waals surface area contributed by atoms with Crippen molar-refractivity contribution in [3.8, 4) is 0 Å². The number of benzene rings is 1. The third-order valence-corrected chi connectivity index (χ3v) is 5.61. The molecule has 140 valence electrons. The van der Waals surface area contributed by atoms with Crippen LogP contribution < -0.4 is 5.32 Å². The van der Waals surface area contributed by atoms with Crippen LogP contribution in [0.25, 0.3) is 0 Å². The number of aromatic nitrogens is 1. The molecule has 1 aliphatic rings. The fourth-order valence-electron chi connectivity index (χ4n) is 3.35. The molecule has 6 heteroatoms. The average molecular weight is 373 g/mol. The normalized spacial score (nSPS) is 18.2. The SMILES string of the molecule is CN=C(NCCc1ncc(C)s1)N1CCOC(c2ccc(C)cc2C)C1. The molecule has 0 aliphatic carbocycles. The van der Waals surface area contributed by atoms with Crippen molar-refractivity contribution < 1.29 is 4.74 Å². The number of aliphatic imine (C=N–C) groups is 1. The first kappa shape index (κ1) is 18.9. The number of hydrogen-bond donors (Lipinski definition) is 1. The van der Waals surface area contributed by atoms with Gasteiger partial charge in [0.05, 0.1) is 18.2 Å². The zero-order chi connectivity index (χ0) is 18.5. The number of rotatable bonds is 4. The molecule has 2 aromatic rings. The molecule has 0 spiro atoms. The van der Waals surface area contributed by atoms with Crippen molar-refractivity contribution in [2.24, 2.45) is 4.99 Å². The van der Waals surface area contributed by atoms with Crippen LogP contribution in [0.5, 0.6) is 0 Å². The molecule has 1 aromatic carbocycles. The van der Waals surface area contributed by atoms with Crippen LogP contribution in [0.15, 0.2) is 29.4 Å². The number of thiazole rings is 1. The zero-order valence-corrected chi connectivity index (χ0v) is 16.9. The van der Waals surface area contributed by atoms with E-state index in [4.69, 9.17) is 4.74 Å². The van der Waals surface area contributed by atoms with Crippen LogP contribution in [0.4, 0.5) is 0 Å². The number of nitrogens with one attached hydrogen (secondary N) is 1. The van der Waals surface area contributed by atoms with Gasteiger partial charge in [0.15, 0.2) is 5.96 Å². The third-order valence-electron chi connectivity index (χ3n) is 4.64. The third kappa shape index (κ3) is 4.62. The van der Waals surface area contributed by atoms with Crippen LogP contribution in [-0.2, 0) is 11.2 Å². The van der Waals surface area contributed by atoms with Crippen molar-refractivity contribution >= 4 is 17.3 Å². The van der Waals surface area contributed by atoms with Crippen LogP contribution in [0.3, 0.4) is 0 Å². The van der Waals surface area contributed by atoms with Crippen LogP contribution >= 0.6 is 11.3 Å². The summed E-state index contributed by atoms with van der Waals surface area (Å²) in [4.78, 5) is 12.4. The molecule has 1 fully saturated rings. The summed E-state index contributed by atoms with van der Waals surface area (Å²) in [6.45, 7) is 9.61. The second-order valence-electron chi connectivity index (χ2n) is 6.75. The molecule has 1 saturated heterocycles. The Morgan fingerprint density at radius 1 is 1.38 bits per heavy atom. The van der Waals surface area contributed by atoms with E-state index < -0.39 is 0 Å². The predicted octanol–water partition coefficient (Wildman–Crippen LogP) is 3.26. The minimum Gasteiger partial charge on any atom is -0.370 e. The number of hydrogen-bond acceptors (Lipinski definition) is 4. The number of nitrogens with zero attached hydrogens (tertiary/aromatic N) is 3. The van der Waals surface area contributed by atoms with Gasteiger partial charge >= 0.3 is 0 Å². The van der Waals surface area contributed by atoms with Crippen LogP contribution in [0.1, 0.15) is 32.7 Å². The maximum Gasteiger partial charge on any atom is 0.193 e. The lowest BCUT2D eigenvalue weighted by atomic mass is 10.00. The molecule has 1 N–H and O–H groups in total. The van der Waals surface area contributed by atoms with E-state index in [0.717, 1.165) is 32.0 Å². The first-order valence-corrected chi connectivity index (χ1v) is 9.94. The highest BCUT2D eigenvalue weighted by atomic mass is 32.1. The smallest absolute Gasteiger partial charge is 0.193 e. The quantitative estimate of drug-likeness (QED) is 0.661. The van der Waals surface area contributed by atoms with E-state index in [-0.39, 0.29) is 6.10 Å². The maximum atomic E-state index is 6.05. The van der Waals surface area contributed by atoms with Gasteiger partial charge in [-0.25, -0.2) is 4.98 Å². The second kappa shape index (κ2) is 8.64. The maximum absolute atomic E-state index is 6.05. The van der Waals surface area contributed by atoms with Crippen LogP contribution in [0, 0.1) is 20.8 Å². The first-order chi connectivity index (χ1) is 12.6. The zero-order valence-electron chi connectivity index (χ0n) is 16.1. The van der Waals surface area contributed by atoms with Crippen LogP contribution in [-0.4, -0.2) is 49.1 Å². The van der Waals surface area contributed by atoms with Crippen molar-refractivity contribution in [2.75, 3.05) is 33.3 Å². The van der Waals surface area contributed by atoms with Crippen molar-refractivity contribution in [1.29, 1.82) is 0 Å². The van der Waals surface area contributed by atoms with E-state index in [1.165, 1.54) is 26.6 Å². The molecule has 2 heterocycles. The summed E-state index contributed by atoms with van der Waals surface area (Å²) in [7, 11) is 1.84. The molecule has 5 nitrogen and oxygen atoms in total. The Kier molecular flexibility index (Phi) is 6.27. The Morgan fingerprint density at radius 3 is 2.92 bits per heavy atom. The summed E-state index contributed by atoms with van der Waals surface area (Å²) >= 11 is 1.76. The Balaban J connectivity index is 1.59. The van der Waals surface area contributed by atoms with Gasteiger partial charge in [0.1, 0.15) is 6.10 Å². The van der Waals surface area contributed by atoms with Gasteiger partial charge in [-0.2, -0.15) is 0 Å². The molecule has 0 bridgehead atoms. The number of morpholine rings is 1. The largest absolute Gasteiger partial charge is 0.370 e. The molecule has 1 atom stereocenters. The van der Waals surface area contributed by atoms with Gasteiger partial charge < -0.3 is 15.0 Å². The minimum absolute atomic E-state index is 0.0875. The summed E-state index contributed by atoms with van der Waals surface area (Å²) in [5, 5.41) is 4.65. The monoisotopic (exact) mass is 372 g/mol. The Bertz CT molecular complexity index is 771. The standard InChI is InChI=1S/C20H28N4OS/c1-14-5-6-17(15(2)11-14)18-13-24(9-10-25-18)20(21-4)22-8-7-19-23-12-16(3)26-19/h5-6,11-12,18H,7-10,13H2,1-4H3,(H,21,22). The molecule has 1 unspecified atom stereocenters. The Morgan fingerprint density at radius 2 is 2.23 bits per heavy atom. The van der Waals surface area contributed by atoms with Crippen molar-refractivity contribution in [3.63, 3.8) is 0 Å². The molecule has 1 aromatic heterocycles. The van der Waals surface area contributed by atoms with E-state index in [0.29, 0.717) is 6.61 Å². The highest BCUT2D eigenvalue weighted by molar-refractivity contribution is 7.11. The molecular weight excluding hydrogens is 344 g/mol. The minimum atomic E-state index is 0.0875. The van der Waals surface area contributed by atoms with Gasteiger partial charge in [0, 0.05) is 37.6 Å². The van der Waals surface area contributed by atoms with Gasteiger partial charge in [-0.3, -0.25) is 4.99 Å². The molecule has 1 aliphatic heterocycles. The lowest BCUT2D eigenvalue weighted by Crippen LogP contribution is -2.48. The van der Waals surface area contributed by atoms with E-state index in [1.54, 1.807) is 11.3 Å². The fraction of sp³-hybridized carbons (Fsp3) is 0.500. The van der Waals surface area contributed by atoms with E-state index in [9.17, 15) is 0 Å².